The summed E-state index contributed by atoms with van der Waals surface area (Å²) in [5.41, 5.74) is 1.34. The molecular weight excluding hydrogens is 308 g/mol. The van der Waals surface area contributed by atoms with Crippen LogP contribution >= 0.6 is 0 Å². The lowest BCUT2D eigenvalue weighted by Crippen LogP contribution is -2.19. The molecule has 0 atom stereocenters. The number of carbonyl (C=O) groups excluding carboxylic acids is 1. The highest BCUT2D eigenvalue weighted by atomic mass is 16.5. The molecule has 0 saturated heterocycles. The van der Waals surface area contributed by atoms with Gasteiger partial charge in [-0.2, -0.15) is 0 Å². The number of nitrogens with zero attached hydrogens (tertiary/aromatic N) is 3. The highest BCUT2D eigenvalue weighted by molar-refractivity contribution is 5.92. The van der Waals surface area contributed by atoms with Crippen molar-refractivity contribution in [2.75, 3.05) is 11.9 Å². The lowest BCUT2D eigenvalue weighted by atomic mass is 10.3. The number of carbonyl (C=O) groups is 1. The van der Waals surface area contributed by atoms with Gasteiger partial charge in [-0.1, -0.05) is 12.1 Å². The number of aromatic nitrogens is 3. The van der Waals surface area contributed by atoms with E-state index >= 15 is 0 Å². The molecule has 0 radical (unpaired) electrons. The maximum atomic E-state index is 12.4. The van der Waals surface area contributed by atoms with Gasteiger partial charge in [0.25, 0.3) is 5.89 Å². The van der Waals surface area contributed by atoms with E-state index in [1.807, 2.05) is 37.3 Å². The molecular formula is C17H18N4O3. The molecule has 3 aromatic rings. The van der Waals surface area contributed by atoms with Crippen molar-refractivity contribution < 1.29 is 13.9 Å². The molecule has 1 N–H and O–H groups in total. The van der Waals surface area contributed by atoms with Crippen LogP contribution in [0, 0.1) is 6.92 Å². The minimum Gasteiger partial charge on any atom is -0.492 e. The lowest BCUT2D eigenvalue weighted by molar-refractivity contribution is -0.116. The molecule has 0 aliphatic heterocycles. The summed E-state index contributed by atoms with van der Waals surface area (Å²) in [6.07, 6.45) is 1.79. The van der Waals surface area contributed by atoms with Gasteiger partial charge < -0.3 is 19.0 Å². The molecule has 7 nitrogen and oxygen atoms in total. The Bertz CT molecular complexity index is 838. The molecule has 7 heteroatoms. The summed E-state index contributed by atoms with van der Waals surface area (Å²) in [5.74, 6) is 1.34. The fourth-order valence-electron chi connectivity index (χ4n) is 2.34. The normalized spacial score (nSPS) is 10.6. The average molecular weight is 326 g/mol. The Kier molecular flexibility index (Phi) is 4.60. The van der Waals surface area contributed by atoms with Gasteiger partial charge in [0.1, 0.15) is 18.0 Å². The van der Waals surface area contributed by atoms with Crippen LogP contribution in [0.2, 0.25) is 0 Å². The molecule has 0 unspecified atom stereocenters. The topological polar surface area (TPSA) is 82.2 Å². The van der Waals surface area contributed by atoms with Crippen LogP contribution in [0.5, 0.6) is 5.75 Å². The summed E-state index contributed by atoms with van der Waals surface area (Å²) >= 11 is 0. The SMILES string of the molecule is CCOc1ccccc1NC(=O)Cn1cccc1-c1nnc(C)o1. The first-order chi connectivity index (χ1) is 11.7. The smallest absolute Gasteiger partial charge is 0.264 e. The summed E-state index contributed by atoms with van der Waals surface area (Å²) in [4.78, 5) is 12.4. The third-order valence-corrected chi connectivity index (χ3v) is 3.35. The first kappa shape index (κ1) is 15.8. The quantitative estimate of drug-likeness (QED) is 0.753. The van der Waals surface area contributed by atoms with E-state index in [0.717, 1.165) is 0 Å². The Morgan fingerprint density at radius 1 is 1.25 bits per heavy atom. The number of benzene rings is 1. The zero-order valence-corrected chi connectivity index (χ0v) is 13.5. The standard InChI is InChI=1S/C17H18N4O3/c1-3-23-15-9-5-4-7-13(15)18-16(22)11-21-10-6-8-14(21)17-20-19-12(2)24-17/h4-10H,3,11H2,1-2H3,(H,18,22). The molecule has 2 heterocycles. The van der Waals surface area contributed by atoms with Gasteiger partial charge in [-0.3, -0.25) is 4.79 Å². The fraction of sp³-hybridized carbons (Fsp3) is 0.235. The predicted molar refractivity (Wildman–Crippen MR) is 88.7 cm³/mol. The number of para-hydroxylation sites is 2. The molecule has 24 heavy (non-hydrogen) atoms. The predicted octanol–water partition coefficient (Wildman–Crippen LogP) is 2.88. The van der Waals surface area contributed by atoms with Crippen molar-refractivity contribution in [2.45, 2.75) is 20.4 Å². The highest BCUT2D eigenvalue weighted by Crippen LogP contribution is 2.24. The van der Waals surface area contributed by atoms with Crippen molar-refractivity contribution in [1.29, 1.82) is 0 Å². The Morgan fingerprint density at radius 2 is 2.08 bits per heavy atom. The third-order valence-electron chi connectivity index (χ3n) is 3.35. The monoisotopic (exact) mass is 326 g/mol. The van der Waals surface area contributed by atoms with Crippen molar-refractivity contribution in [1.82, 2.24) is 14.8 Å². The number of anilines is 1. The zero-order chi connectivity index (χ0) is 16.9. The zero-order valence-electron chi connectivity index (χ0n) is 13.5. The molecule has 0 aliphatic rings. The van der Waals surface area contributed by atoms with Gasteiger partial charge in [0.2, 0.25) is 11.8 Å². The Balaban J connectivity index is 1.74. The molecule has 3 rings (SSSR count). The van der Waals surface area contributed by atoms with Crippen LogP contribution in [0.25, 0.3) is 11.6 Å². The minimum atomic E-state index is -0.171. The first-order valence-electron chi connectivity index (χ1n) is 7.64. The van der Waals surface area contributed by atoms with Crippen LogP contribution < -0.4 is 10.1 Å². The summed E-state index contributed by atoms with van der Waals surface area (Å²) in [5, 5.41) is 10.7. The second-order valence-corrected chi connectivity index (χ2v) is 5.12. The van der Waals surface area contributed by atoms with E-state index in [0.29, 0.717) is 35.5 Å². The summed E-state index contributed by atoms with van der Waals surface area (Å²) in [6.45, 7) is 4.29. The van der Waals surface area contributed by atoms with Gasteiger partial charge in [0, 0.05) is 13.1 Å². The maximum Gasteiger partial charge on any atom is 0.264 e. The van der Waals surface area contributed by atoms with Crippen LogP contribution in [0.15, 0.2) is 47.0 Å². The second-order valence-electron chi connectivity index (χ2n) is 5.12. The van der Waals surface area contributed by atoms with E-state index < -0.39 is 0 Å². The Labute approximate surface area is 139 Å². The Morgan fingerprint density at radius 3 is 2.83 bits per heavy atom. The summed E-state index contributed by atoms with van der Waals surface area (Å²) in [7, 11) is 0. The van der Waals surface area contributed by atoms with Crippen molar-refractivity contribution in [3.8, 4) is 17.3 Å². The number of aryl methyl sites for hydroxylation is 1. The van der Waals surface area contributed by atoms with Gasteiger partial charge >= 0.3 is 0 Å². The number of hydrogen-bond donors (Lipinski definition) is 1. The van der Waals surface area contributed by atoms with Gasteiger partial charge in [-0.25, -0.2) is 0 Å². The van der Waals surface area contributed by atoms with Crippen LogP contribution in [0.4, 0.5) is 5.69 Å². The minimum absolute atomic E-state index is 0.129. The third kappa shape index (κ3) is 3.45. The van der Waals surface area contributed by atoms with Crippen molar-refractivity contribution in [3.05, 3.63) is 48.5 Å². The summed E-state index contributed by atoms with van der Waals surface area (Å²) in [6, 6.07) is 11.0. The van der Waals surface area contributed by atoms with E-state index in [1.54, 1.807) is 23.8 Å². The largest absolute Gasteiger partial charge is 0.492 e. The van der Waals surface area contributed by atoms with E-state index in [2.05, 4.69) is 15.5 Å². The molecule has 1 amide bonds. The van der Waals surface area contributed by atoms with Gasteiger partial charge in [0.05, 0.1) is 12.3 Å². The second kappa shape index (κ2) is 6.99. The highest BCUT2D eigenvalue weighted by Gasteiger charge is 2.14. The van der Waals surface area contributed by atoms with E-state index in [9.17, 15) is 4.79 Å². The lowest BCUT2D eigenvalue weighted by Gasteiger charge is -2.12. The fourth-order valence-corrected chi connectivity index (χ4v) is 2.34. The molecule has 0 saturated carbocycles. The van der Waals surface area contributed by atoms with Crippen LogP contribution in [0.3, 0.4) is 0 Å². The molecule has 0 fully saturated rings. The first-order valence-corrected chi connectivity index (χ1v) is 7.64. The van der Waals surface area contributed by atoms with Crippen LogP contribution in [-0.2, 0) is 11.3 Å². The van der Waals surface area contributed by atoms with E-state index in [4.69, 9.17) is 9.15 Å². The van der Waals surface area contributed by atoms with Crippen LogP contribution in [-0.4, -0.2) is 27.3 Å². The molecule has 1 aromatic carbocycles. The number of ether oxygens (including phenoxy) is 1. The van der Waals surface area contributed by atoms with Crippen molar-refractivity contribution >= 4 is 11.6 Å². The molecule has 0 aliphatic carbocycles. The molecule has 124 valence electrons. The van der Waals surface area contributed by atoms with E-state index in [1.165, 1.54) is 0 Å². The average Bonchev–Trinajstić information content (AvgIpc) is 3.18. The van der Waals surface area contributed by atoms with E-state index in [-0.39, 0.29) is 12.5 Å². The number of nitrogens with one attached hydrogen (secondary N) is 1. The number of hydrogen-bond acceptors (Lipinski definition) is 5. The maximum absolute atomic E-state index is 12.4. The number of amides is 1. The molecule has 0 bridgehead atoms. The van der Waals surface area contributed by atoms with Crippen LogP contribution in [0.1, 0.15) is 12.8 Å². The number of rotatable bonds is 6. The summed E-state index contributed by atoms with van der Waals surface area (Å²) < 4.78 is 12.7. The molecule has 0 spiro atoms. The van der Waals surface area contributed by atoms with Gasteiger partial charge in [-0.15, -0.1) is 10.2 Å². The van der Waals surface area contributed by atoms with Gasteiger partial charge in [0.15, 0.2) is 0 Å². The Hall–Kier alpha value is -3.09. The van der Waals surface area contributed by atoms with Gasteiger partial charge in [-0.05, 0) is 31.2 Å². The van der Waals surface area contributed by atoms with Crippen molar-refractivity contribution in [2.24, 2.45) is 0 Å². The molecule has 2 aromatic heterocycles. The van der Waals surface area contributed by atoms with Crippen molar-refractivity contribution in [3.63, 3.8) is 0 Å².